The van der Waals surface area contributed by atoms with Gasteiger partial charge < -0.3 is 9.67 Å². The van der Waals surface area contributed by atoms with Crippen molar-refractivity contribution in [3.63, 3.8) is 0 Å². The Bertz CT molecular complexity index is 880. The number of nitrogens with one attached hydrogen (secondary N) is 1. The Morgan fingerprint density at radius 1 is 1.26 bits per heavy atom. The van der Waals surface area contributed by atoms with Crippen LogP contribution in [0.5, 0.6) is 0 Å². The minimum absolute atomic E-state index is 0.0560. The highest BCUT2D eigenvalue weighted by molar-refractivity contribution is 5.91. The van der Waals surface area contributed by atoms with Crippen molar-refractivity contribution in [2.45, 2.75) is 13.0 Å². The zero-order valence-corrected chi connectivity index (χ0v) is 12.4. The Kier molecular flexibility index (Phi) is 3.80. The molecule has 8 nitrogen and oxygen atoms in total. The molecule has 8 heteroatoms. The average molecular weight is 313 g/mol. The second-order valence-corrected chi connectivity index (χ2v) is 5.03. The molecule has 118 valence electrons. The van der Waals surface area contributed by atoms with Gasteiger partial charge in [0.1, 0.15) is 5.69 Å². The predicted molar refractivity (Wildman–Crippen MR) is 83.1 cm³/mol. The summed E-state index contributed by atoms with van der Waals surface area (Å²) in [5, 5.41) is 15.6. The van der Waals surface area contributed by atoms with Gasteiger partial charge in [-0.2, -0.15) is 5.10 Å². The quantitative estimate of drug-likeness (QED) is 0.743. The molecule has 2 N–H and O–H groups in total. The first kappa shape index (κ1) is 14.8. The van der Waals surface area contributed by atoms with E-state index < -0.39 is 5.97 Å². The Morgan fingerprint density at radius 2 is 2.04 bits per heavy atom. The lowest BCUT2D eigenvalue weighted by Gasteiger charge is -2.06. The van der Waals surface area contributed by atoms with Crippen LogP contribution in [-0.2, 0) is 18.4 Å². The van der Waals surface area contributed by atoms with Crippen LogP contribution in [0, 0.1) is 0 Å². The zero-order valence-electron chi connectivity index (χ0n) is 12.4. The number of imidazole rings is 1. The first-order valence-electron chi connectivity index (χ1n) is 7.02. The van der Waals surface area contributed by atoms with Gasteiger partial charge in [0.2, 0.25) is 11.9 Å². The van der Waals surface area contributed by atoms with E-state index in [4.69, 9.17) is 5.11 Å². The summed E-state index contributed by atoms with van der Waals surface area (Å²) in [6.07, 6.45) is 1.50. The molecule has 1 amide bonds. The summed E-state index contributed by atoms with van der Waals surface area (Å²) in [7, 11) is 1.82. The maximum atomic E-state index is 12.1. The number of aromatic nitrogens is 4. The Morgan fingerprint density at radius 3 is 2.78 bits per heavy atom. The minimum Gasteiger partial charge on any atom is -0.477 e. The van der Waals surface area contributed by atoms with E-state index in [0.717, 1.165) is 11.0 Å². The number of rotatable bonds is 5. The fourth-order valence-electron chi connectivity index (χ4n) is 2.34. The molecule has 0 radical (unpaired) electrons. The lowest BCUT2D eigenvalue weighted by molar-refractivity contribution is -0.116. The van der Waals surface area contributed by atoms with Crippen LogP contribution < -0.4 is 5.32 Å². The van der Waals surface area contributed by atoms with Crippen molar-refractivity contribution in [3.05, 3.63) is 42.2 Å². The standard InChI is InChI=1S/C15H15N5O3/c1-19-11-5-3-2-4-10(11)17-15(19)18-13(21)7-9-20-12(14(22)23)6-8-16-20/h2-6,8H,7,9H2,1H3,(H,22,23)(H,17,18,21). The van der Waals surface area contributed by atoms with E-state index in [0.29, 0.717) is 5.95 Å². The number of hydrogen-bond donors (Lipinski definition) is 2. The highest BCUT2D eigenvalue weighted by Gasteiger charge is 2.13. The average Bonchev–Trinajstić information content (AvgIpc) is 3.11. The third kappa shape index (κ3) is 2.91. The largest absolute Gasteiger partial charge is 0.477 e. The number of aromatic carboxylic acids is 1. The van der Waals surface area contributed by atoms with E-state index in [9.17, 15) is 9.59 Å². The molecular weight excluding hydrogens is 298 g/mol. The lowest BCUT2D eigenvalue weighted by atomic mass is 10.3. The molecular formula is C15H15N5O3. The van der Waals surface area contributed by atoms with Crippen LogP contribution in [-0.4, -0.2) is 36.3 Å². The van der Waals surface area contributed by atoms with Crippen LogP contribution in [0.25, 0.3) is 11.0 Å². The summed E-state index contributed by atoms with van der Waals surface area (Å²) in [6, 6.07) is 8.97. The summed E-state index contributed by atoms with van der Waals surface area (Å²) in [5.41, 5.74) is 1.77. The van der Waals surface area contributed by atoms with Gasteiger partial charge in [-0.05, 0) is 18.2 Å². The van der Waals surface area contributed by atoms with Gasteiger partial charge in [-0.3, -0.25) is 14.8 Å². The number of amides is 1. The number of carboxylic acids is 1. The van der Waals surface area contributed by atoms with Crippen LogP contribution >= 0.6 is 0 Å². The molecule has 0 aliphatic heterocycles. The SMILES string of the molecule is Cn1c(NC(=O)CCn2nccc2C(=O)O)nc2ccccc21. The lowest BCUT2D eigenvalue weighted by Crippen LogP contribution is -2.19. The normalized spacial score (nSPS) is 10.8. The zero-order chi connectivity index (χ0) is 16.4. The van der Waals surface area contributed by atoms with Crippen molar-refractivity contribution in [3.8, 4) is 0 Å². The molecule has 2 heterocycles. The Balaban J connectivity index is 1.68. The topological polar surface area (TPSA) is 102 Å². The maximum absolute atomic E-state index is 12.1. The molecule has 0 fully saturated rings. The minimum atomic E-state index is -1.07. The van der Waals surface area contributed by atoms with Crippen molar-refractivity contribution in [1.29, 1.82) is 0 Å². The summed E-state index contributed by atoms with van der Waals surface area (Å²) in [4.78, 5) is 27.4. The number of aryl methyl sites for hydroxylation is 2. The molecule has 0 bridgehead atoms. The van der Waals surface area contributed by atoms with E-state index in [2.05, 4.69) is 15.4 Å². The molecule has 2 aromatic heterocycles. The fraction of sp³-hybridized carbons (Fsp3) is 0.200. The van der Waals surface area contributed by atoms with E-state index >= 15 is 0 Å². The number of carboxylic acid groups (broad SMARTS) is 1. The van der Waals surface area contributed by atoms with Crippen molar-refractivity contribution >= 4 is 28.9 Å². The van der Waals surface area contributed by atoms with Gasteiger partial charge in [0, 0.05) is 19.7 Å². The van der Waals surface area contributed by atoms with Crippen LogP contribution in [0.1, 0.15) is 16.9 Å². The monoisotopic (exact) mass is 313 g/mol. The number of para-hydroxylation sites is 2. The summed E-state index contributed by atoms with van der Waals surface area (Å²) in [5.74, 6) is -0.872. The molecule has 23 heavy (non-hydrogen) atoms. The van der Waals surface area contributed by atoms with Gasteiger partial charge in [0.25, 0.3) is 0 Å². The molecule has 1 aromatic carbocycles. The van der Waals surface area contributed by atoms with Gasteiger partial charge in [-0.25, -0.2) is 9.78 Å². The second-order valence-electron chi connectivity index (χ2n) is 5.03. The van der Waals surface area contributed by atoms with Gasteiger partial charge >= 0.3 is 5.97 Å². The third-order valence-corrected chi connectivity index (χ3v) is 3.52. The highest BCUT2D eigenvalue weighted by atomic mass is 16.4. The molecule has 0 aliphatic rings. The fourth-order valence-corrected chi connectivity index (χ4v) is 2.34. The van der Waals surface area contributed by atoms with E-state index in [-0.39, 0.29) is 24.6 Å². The van der Waals surface area contributed by atoms with Gasteiger partial charge in [0.15, 0.2) is 0 Å². The maximum Gasteiger partial charge on any atom is 0.354 e. The second kappa shape index (κ2) is 5.91. The first-order chi connectivity index (χ1) is 11.1. The number of fused-ring (bicyclic) bond motifs is 1. The molecule has 3 rings (SSSR count). The first-order valence-corrected chi connectivity index (χ1v) is 7.02. The number of nitrogens with zero attached hydrogens (tertiary/aromatic N) is 4. The van der Waals surface area contributed by atoms with E-state index in [1.54, 1.807) is 4.57 Å². The number of benzene rings is 1. The van der Waals surface area contributed by atoms with Crippen LogP contribution in [0.4, 0.5) is 5.95 Å². The molecule has 0 saturated carbocycles. The van der Waals surface area contributed by atoms with E-state index in [1.165, 1.54) is 16.9 Å². The van der Waals surface area contributed by atoms with E-state index in [1.807, 2.05) is 31.3 Å². The summed E-state index contributed by atoms with van der Waals surface area (Å²) >= 11 is 0. The summed E-state index contributed by atoms with van der Waals surface area (Å²) in [6.45, 7) is 0.185. The van der Waals surface area contributed by atoms with Crippen molar-refractivity contribution < 1.29 is 14.7 Å². The number of carbonyl (C=O) groups is 2. The van der Waals surface area contributed by atoms with Crippen LogP contribution in [0.2, 0.25) is 0 Å². The van der Waals surface area contributed by atoms with Crippen molar-refractivity contribution in [1.82, 2.24) is 19.3 Å². The van der Waals surface area contributed by atoms with Gasteiger partial charge in [-0.15, -0.1) is 0 Å². The Labute approximate surface area is 131 Å². The molecule has 0 atom stereocenters. The Hall–Kier alpha value is -3.16. The van der Waals surface area contributed by atoms with Crippen LogP contribution in [0.15, 0.2) is 36.5 Å². The van der Waals surface area contributed by atoms with Gasteiger partial charge in [0.05, 0.1) is 17.6 Å². The smallest absolute Gasteiger partial charge is 0.354 e. The number of hydrogen-bond acceptors (Lipinski definition) is 4. The van der Waals surface area contributed by atoms with Crippen LogP contribution in [0.3, 0.4) is 0 Å². The third-order valence-electron chi connectivity index (χ3n) is 3.52. The molecule has 3 aromatic rings. The van der Waals surface area contributed by atoms with Gasteiger partial charge in [-0.1, -0.05) is 12.1 Å². The number of carbonyl (C=O) groups excluding carboxylic acids is 1. The van der Waals surface area contributed by atoms with Crippen molar-refractivity contribution in [2.24, 2.45) is 7.05 Å². The molecule has 0 unspecified atom stereocenters. The van der Waals surface area contributed by atoms with Crippen molar-refractivity contribution in [2.75, 3.05) is 5.32 Å². The molecule has 0 aliphatic carbocycles. The highest BCUT2D eigenvalue weighted by Crippen LogP contribution is 2.17. The number of anilines is 1. The molecule has 0 saturated heterocycles. The molecule has 0 spiro atoms. The predicted octanol–water partition coefficient (Wildman–Crippen LogP) is 1.50. The summed E-state index contributed by atoms with van der Waals surface area (Å²) < 4.78 is 3.08.